The van der Waals surface area contributed by atoms with Crippen LogP contribution < -0.4 is 4.57 Å². The molecule has 0 atom stereocenters. The predicted octanol–water partition coefficient (Wildman–Crippen LogP) is 1.79. The number of carbonyl (C=O) groups is 1. The molecule has 0 amide bonds. The Kier molecular flexibility index (Phi) is 4.20. The first-order valence-corrected chi connectivity index (χ1v) is 7.79. The fourth-order valence-electron chi connectivity index (χ4n) is 2.14. The third-order valence-corrected chi connectivity index (χ3v) is 3.97. The SMILES string of the molecule is CC(=O)C[n+]1ccccc1-c1cc(S(=O)(=O)O)ccc1C. The van der Waals surface area contributed by atoms with Gasteiger partial charge in [0, 0.05) is 19.1 Å². The van der Waals surface area contributed by atoms with Crippen molar-refractivity contribution in [3.8, 4) is 11.3 Å². The molecule has 1 N–H and O–H groups in total. The maximum absolute atomic E-state index is 11.4. The molecule has 0 radical (unpaired) electrons. The highest BCUT2D eigenvalue weighted by molar-refractivity contribution is 7.85. The summed E-state index contributed by atoms with van der Waals surface area (Å²) in [6, 6.07) is 9.81. The topological polar surface area (TPSA) is 75.3 Å². The van der Waals surface area contributed by atoms with Crippen LogP contribution in [-0.2, 0) is 21.5 Å². The molecule has 6 heteroatoms. The van der Waals surface area contributed by atoms with Gasteiger partial charge in [-0.1, -0.05) is 6.07 Å². The van der Waals surface area contributed by atoms with Crippen molar-refractivity contribution >= 4 is 15.9 Å². The zero-order chi connectivity index (χ0) is 15.6. The molecule has 1 heterocycles. The van der Waals surface area contributed by atoms with E-state index < -0.39 is 10.1 Å². The molecule has 0 saturated carbocycles. The van der Waals surface area contributed by atoms with Crippen LogP contribution in [0.5, 0.6) is 0 Å². The summed E-state index contributed by atoms with van der Waals surface area (Å²) in [5.74, 6) is -0.00367. The third-order valence-electron chi connectivity index (χ3n) is 3.12. The molecule has 21 heavy (non-hydrogen) atoms. The summed E-state index contributed by atoms with van der Waals surface area (Å²) in [6.45, 7) is 3.53. The van der Waals surface area contributed by atoms with Crippen molar-refractivity contribution < 1.29 is 22.3 Å². The smallest absolute Gasteiger partial charge is 0.293 e. The zero-order valence-corrected chi connectivity index (χ0v) is 12.6. The van der Waals surface area contributed by atoms with Gasteiger partial charge in [0.15, 0.2) is 12.0 Å². The lowest BCUT2D eigenvalue weighted by Crippen LogP contribution is -2.39. The van der Waals surface area contributed by atoms with Gasteiger partial charge in [-0.2, -0.15) is 13.0 Å². The largest absolute Gasteiger partial charge is 0.294 e. The molecule has 0 fully saturated rings. The second kappa shape index (κ2) is 5.75. The molecule has 2 rings (SSSR count). The number of benzene rings is 1. The second-order valence-corrected chi connectivity index (χ2v) is 6.29. The van der Waals surface area contributed by atoms with Crippen molar-refractivity contribution in [3.63, 3.8) is 0 Å². The number of Topliss-reactive ketones (excluding diaryl/α,β-unsaturated/α-hetero) is 1. The molecule has 2 aromatic rings. The van der Waals surface area contributed by atoms with Crippen molar-refractivity contribution in [2.75, 3.05) is 0 Å². The zero-order valence-electron chi connectivity index (χ0n) is 11.8. The van der Waals surface area contributed by atoms with Crippen molar-refractivity contribution in [3.05, 3.63) is 48.2 Å². The van der Waals surface area contributed by atoms with Crippen LogP contribution in [-0.4, -0.2) is 18.8 Å². The average Bonchev–Trinajstić information content (AvgIpc) is 2.38. The van der Waals surface area contributed by atoms with Gasteiger partial charge in [0.25, 0.3) is 10.1 Å². The van der Waals surface area contributed by atoms with Crippen LogP contribution in [0.1, 0.15) is 12.5 Å². The molecule has 0 saturated heterocycles. The number of hydrogen-bond donors (Lipinski definition) is 1. The minimum atomic E-state index is -4.26. The first kappa shape index (κ1) is 15.3. The van der Waals surface area contributed by atoms with Gasteiger partial charge in [0.2, 0.25) is 12.2 Å². The van der Waals surface area contributed by atoms with E-state index in [9.17, 15) is 17.8 Å². The van der Waals surface area contributed by atoms with Gasteiger partial charge in [0.05, 0.1) is 10.5 Å². The number of rotatable bonds is 4. The van der Waals surface area contributed by atoms with Crippen molar-refractivity contribution in [2.24, 2.45) is 0 Å². The van der Waals surface area contributed by atoms with E-state index in [1.165, 1.54) is 19.1 Å². The summed E-state index contributed by atoms with van der Waals surface area (Å²) < 4.78 is 33.5. The van der Waals surface area contributed by atoms with E-state index >= 15 is 0 Å². The Labute approximate surface area is 123 Å². The lowest BCUT2D eigenvalue weighted by molar-refractivity contribution is -0.673. The van der Waals surface area contributed by atoms with Gasteiger partial charge in [-0.15, -0.1) is 0 Å². The summed E-state index contributed by atoms with van der Waals surface area (Å²) >= 11 is 0. The van der Waals surface area contributed by atoms with Crippen LogP contribution in [0, 0.1) is 6.92 Å². The van der Waals surface area contributed by atoms with Gasteiger partial charge in [-0.25, -0.2) is 0 Å². The van der Waals surface area contributed by atoms with Crippen LogP contribution in [0.25, 0.3) is 11.3 Å². The minimum absolute atomic E-state index is 0.00367. The normalized spacial score (nSPS) is 11.4. The van der Waals surface area contributed by atoms with Gasteiger partial charge in [-0.05, 0) is 30.7 Å². The van der Waals surface area contributed by atoms with Crippen LogP contribution in [0.2, 0.25) is 0 Å². The molecule has 0 aliphatic heterocycles. The number of hydrogen-bond acceptors (Lipinski definition) is 3. The second-order valence-electron chi connectivity index (χ2n) is 4.87. The Balaban J connectivity index is 2.64. The summed E-state index contributed by atoms with van der Waals surface area (Å²) in [5, 5.41) is 0. The summed E-state index contributed by atoms with van der Waals surface area (Å²) in [4.78, 5) is 11.2. The average molecular weight is 306 g/mol. The van der Waals surface area contributed by atoms with Crippen LogP contribution in [0.3, 0.4) is 0 Å². The molecule has 0 bridgehead atoms. The Morgan fingerprint density at radius 1 is 1.24 bits per heavy atom. The monoisotopic (exact) mass is 306 g/mol. The van der Waals surface area contributed by atoms with Crippen LogP contribution in [0.4, 0.5) is 0 Å². The Morgan fingerprint density at radius 2 is 1.95 bits per heavy atom. The van der Waals surface area contributed by atoms with Crippen LogP contribution in [0.15, 0.2) is 47.5 Å². The molecule has 5 nitrogen and oxygen atoms in total. The molecule has 0 unspecified atom stereocenters. The maximum Gasteiger partial charge on any atom is 0.294 e. The van der Waals surface area contributed by atoms with Crippen LogP contribution >= 0.6 is 0 Å². The number of aromatic nitrogens is 1. The fourth-order valence-corrected chi connectivity index (χ4v) is 2.64. The quantitative estimate of drug-likeness (QED) is 0.690. The number of carbonyl (C=O) groups excluding carboxylic acids is 1. The number of aryl methyl sites for hydroxylation is 1. The van der Waals surface area contributed by atoms with Gasteiger partial charge >= 0.3 is 0 Å². The van der Waals surface area contributed by atoms with Crippen molar-refractivity contribution in [1.29, 1.82) is 0 Å². The minimum Gasteiger partial charge on any atom is -0.293 e. The van der Waals surface area contributed by atoms with E-state index in [1.807, 2.05) is 13.0 Å². The summed E-state index contributed by atoms with van der Waals surface area (Å²) in [7, 11) is -4.26. The molecule has 1 aromatic carbocycles. The number of nitrogens with zero attached hydrogens (tertiary/aromatic N) is 1. The van der Waals surface area contributed by atoms with Crippen molar-refractivity contribution in [2.45, 2.75) is 25.3 Å². The standard InChI is InChI=1S/C15H15NO4S/c1-11-6-7-13(21(18,19)20)9-14(11)15-5-3-4-8-16(15)10-12(2)17/h3-9H,10H2,1-2H3/p+1. The van der Waals surface area contributed by atoms with Gasteiger partial charge < -0.3 is 0 Å². The molecule has 0 spiro atoms. The third kappa shape index (κ3) is 3.53. The summed E-state index contributed by atoms with van der Waals surface area (Å²) in [5.41, 5.74) is 2.23. The first-order chi connectivity index (χ1) is 9.79. The van der Waals surface area contributed by atoms with E-state index in [4.69, 9.17) is 0 Å². The highest BCUT2D eigenvalue weighted by Crippen LogP contribution is 2.23. The highest BCUT2D eigenvalue weighted by Gasteiger charge is 2.19. The molecule has 0 aliphatic carbocycles. The molecule has 0 aliphatic rings. The molecule has 1 aromatic heterocycles. The number of pyridine rings is 1. The first-order valence-electron chi connectivity index (χ1n) is 6.35. The molecule has 110 valence electrons. The Morgan fingerprint density at radius 3 is 2.57 bits per heavy atom. The van der Waals surface area contributed by atoms with E-state index in [0.29, 0.717) is 5.56 Å². The molecular weight excluding hydrogens is 290 g/mol. The summed E-state index contributed by atoms with van der Waals surface area (Å²) in [6.07, 6.45) is 1.76. The highest BCUT2D eigenvalue weighted by atomic mass is 32.2. The fraction of sp³-hybridized carbons (Fsp3) is 0.200. The van der Waals surface area contributed by atoms with E-state index in [-0.39, 0.29) is 17.2 Å². The van der Waals surface area contributed by atoms with E-state index in [0.717, 1.165) is 11.3 Å². The van der Waals surface area contributed by atoms with E-state index in [2.05, 4.69) is 0 Å². The number of ketones is 1. The Hall–Kier alpha value is -2.05. The predicted molar refractivity (Wildman–Crippen MR) is 77.3 cm³/mol. The lowest BCUT2D eigenvalue weighted by atomic mass is 10.0. The maximum atomic E-state index is 11.4. The van der Waals surface area contributed by atoms with Gasteiger partial charge in [-0.3, -0.25) is 9.35 Å². The molecular formula is C15H16NO4S+. The van der Waals surface area contributed by atoms with E-state index in [1.54, 1.807) is 29.0 Å². The Bertz CT molecular complexity index is 797. The van der Waals surface area contributed by atoms with Gasteiger partial charge in [0.1, 0.15) is 0 Å². The lowest BCUT2D eigenvalue weighted by Gasteiger charge is -2.07. The van der Waals surface area contributed by atoms with Crippen molar-refractivity contribution in [1.82, 2.24) is 0 Å².